The molecule has 0 aliphatic heterocycles. The zero-order chi connectivity index (χ0) is 13.3. The van der Waals surface area contributed by atoms with Gasteiger partial charge < -0.3 is 5.73 Å². The number of rotatable bonds is 3. The van der Waals surface area contributed by atoms with Crippen LogP contribution in [0.5, 0.6) is 0 Å². The van der Waals surface area contributed by atoms with Crippen LogP contribution in [0.1, 0.15) is 23.0 Å². The number of nitrogens with two attached hydrogens (primary N) is 1. The summed E-state index contributed by atoms with van der Waals surface area (Å²) in [6.45, 7) is 1.93. The Morgan fingerprint density at radius 1 is 1.44 bits per heavy atom. The molecule has 1 unspecified atom stereocenters. The lowest BCUT2D eigenvalue weighted by Crippen LogP contribution is -2.16. The second kappa shape index (κ2) is 5.20. The van der Waals surface area contributed by atoms with Crippen molar-refractivity contribution < 1.29 is 4.39 Å². The molecule has 1 aromatic carbocycles. The van der Waals surface area contributed by atoms with Crippen molar-refractivity contribution in [2.75, 3.05) is 0 Å². The highest BCUT2D eigenvalue weighted by atomic mass is 79.9. The normalized spacial score (nSPS) is 12.7. The van der Waals surface area contributed by atoms with Gasteiger partial charge in [-0.3, -0.25) is 4.68 Å². The smallest absolute Gasteiger partial charge is 0.128 e. The van der Waals surface area contributed by atoms with Crippen LogP contribution in [-0.2, 0) is 13.5 Å². The Labute approximate surface area is 114 Å². The Kier molecular flexibility index (Phi) is 3.82. The van der Waals surface area contributed by atoms with E-state index in [2.05, 4.69) is 21.0 Å². The molecule has 3 nitrogen and oxygen atoms in total. The average molecular weight is 312 g/mol. The van der Waals surface area contributed by atoms with Crippen LogP contribution in [0.2, 0.25) is 0 Å². The minimum absolute atomic E-state index is 0.274. The Hall–Kier alpha value is -1.20. The van der Waals surface area contributed by atoms with Crippen molar-refractivity contribution in [3.05, 3.63) is 51.5 Å². The SMILES string of the molecule is Cc1cc(CC(N)c2cc(Br)ccc2F)n(C)n1. The first-order valence-corrected chi connectivity index (χ1v) is 6.46. The molecule has 1 atom stereocenters. The summed E-state index contributed by atoms with van der Waals surface area (Å²) in [5.74, 6) is -0.274. The van der Waals surface area contributed by atoms with Crippen molar-refractivity contribution in [2.24, 2.45) is 12.8 Å². The number of nitrogens with zero attached hydrogens (tertiary/aromatic N) is 2. The van der Waals surface area contributed by atoms with Crippen molar-refractivity contribution in [2.45, 2.75) is 19.4 Å². The predicted molar refractivity (Wildman–Crippen MR) is 72.7 cm³/mol. The third-order valence-electron chi connectivity index (χ3n) is 2.89. The molecule has 0 saturated heterocycles. The fourth-order valence-corrected chi connectivity index (χ4v) is 2.37. The summed E-state index contributed by atoms with van der Waals surface area (Å²) in [5, 5.41) is 4.26. The summed E-state index contributed by atoms with van der Waals surface area (Å²) < 4.78 is 16.3. The zero-order valence-electron chi connectivity index (χ0n) is 10.3. The van der Waals surface area contributed by atoms with E-state index in [4.69, 9.17) is 5.73 Å². The van der Waals surface area contributed by atoms with Gasteiger partial charge in [0.15, 0.2) is 0 Å². The maximum atomic E-state index is 13.7. The second-order valence-corrected chi connectivity index (χ2v) is 5.29. The van der Waals surface area contributed by atoms with Crippen LogP contribution in [0.15, 0.2) is 28.7 Å². The topological polar surface area (TPSA) is 43.8 Å². The quantitative estimate of drug-likeness (QED) is 0.947. The number of benzene rings is 1. The number of hydrogen-bond acceptors (Lipinski definition) is 2. The van der Waals surface area contributed by atoms with Crippen molar-refractivity contribution in [3.63, 3.8) is 0 Å². The molecule has 1 heterocycles. The molecule has 96 valence electrons. The average Bonchev–Trinajstić information content (AvgIpc) is 2.61. The third kappa shape index (κ3) is 2.79. The molecule has 0 radical (unpaired) electrons. The molecular weight excluding hydrogens is 297 g/mol. The first kappa shape index (κ1) is 13.2. The summed E-state index contributed by atoms with van der Waals surface area (Å²) in [5.41, 5.74) is 8.53. The molecule has 1 aromatic heterocycles. The predicted octanol–water partition coefficient (Wildman–Crippen LogP) is 2.87. The molecule has 2 rings (SSSR count). The summed E-state index contributed by atoms with van der Waals surface area (Å²) in [4.78, 5) is 0. The molecule has 0 fully saturated rings. The highest BCUT2D eigenvalue weighted by molar-refractivity contribution is 9.10. The van der Waals surface area contributed by atoms with E-state index < -0.39 is 0 Å². The molecule has 0 spiro atoms. The minimum Gasteiger partial charge on any atom is -0.324 e. The van der Waals surface area contributed by atoms with Crippen molar-refractivity contribution in [3.8, 4) is 0 Å². The number of aryl methyl sites for hydroxylation is 2. The van der Waals surface area contributed by atoms with E-state index in [0.29, 0.717) is 12.0 Å². The molecule has 5 heteroatoms. The summed E-state index contributed by atoms with van der Waals surface area (Å²) >= 11 is 3.33. The van der Waals surface area contributed by atoms with E-state index in [1.165, 1.54) is 6.07 Å². The van der Waals surface area contributed by atoms with Crippen molar-refractivity contribution in [1.29, 1.82) is 0 Å². The van der Waals surface area contributed by atoms with Gasteiger partial charge in [-0.1, -0.05) is 15.9 Å². The lowest BCUT2D eigenvalue weighted by molar-refractivity contribution is 0.568. The molecule has 18 heavy (non-hydrogen) atoms. The largest absolute Gasteiger partial charge is 0.324 e. The van der Waals surface area contributed by atoms with Crippen LogP contribution in [-0.4, -0.2) is 9.78 Å². The molecular formula is C13H15BrFN3. The standard InChI is InChI=1S/C13H15BrFN3/c1-8-5-10(18(2)17-8)7-13(16)11-6-9(14)3-4-12(11)15/h3-6,13H,7,16H2,1-2H3. The molecule has 0 aliphatic carbocycles. The van der Waals surface area contributed by atoms with Gasteiger partial charge >= 0.3 is 0 Å². The van der Waals surface area contributed by atoms with E-state index in [0.717, 1.165) is 15.9 Å². The maximum Gasteiger partial charge on any atom is 0.128 e. The minimum atomic E-state index is -0.378. The van der Waals surface area contributed by atoms with Gasteiger partial charge in [-0.25, -0.2) is 4.39 Å². The maximum absolute atomic E-state index is 13.7. The van der Waals surface area contributed by atoms with Crippen LogP contribution in [0.3, 0.4) is 0 Å². The molecule has 2 N–H and O–H groups in total. The van der Waals surface area contributed by atoms with Gasteiger partial charge in [0.25, 0.3) is 0 Å². The van der Waals surface area contributed by atoms with Crippen molar-refractivity contribution in [1.82, 2.24) is 9.78 Å². The number of hydrogen-bond donors (Lipinski definition) is 1. The molecule has 2 aromatic rings. The van der Waals surface area contributed by atoms with E-state index in [-0.39, 0.29) is 11.9 Å². The molecule has 0 amide bonds. The molecule has 0 bridgehead atoms. The fraction of sp³-hybridized carbons (Fsp3) is 0.308. The van der Waals surface area contributed by atoms with Gasteiger partial charge in [-0.05, 0) is 31.2 Å². The Morgan fingerprint density at radius 2 is 2.17 bits per heavy atom. The third-order valence-corrected chi connectivity index (χ3v) is 3.38. The van der Waals surface area contributed by atoms with Gasteiger partial charge in [-0.2, -0.15) is 5.10 Å². The Morgan fingerprint density at radius 3 is 2.78 bits per heavy atom. The highest BCUT2D eigenvalue weighted by Crippen LogP contribution is 2.23. The first-order valence-electron chi connectivity index (χ1n) is 5.67. The summed E-state index contributed by atoms with van der Waals surface area (Å²) in [6, 6.07) is 6.41. The monoisotopic (exact) mass is 311 g/mol. The second-order valence-electron chi connectivity index (χ2n) is 4.38. The number of aromatic nitrogens is 2. The van der Waals surface area contributed by atoms with E-state index in [1.54, 1.807) is 16.8 Å². The number of halogens is 2. The van der Waals surface area contributed by atoms with Gasteiger partial charge in [0.2, 0.25) is 0 Å². The zero-order valence-corrected chi connectivity index (χ0v) is 11.9. The van der Waals surface area contributed by atoms with Crippen LogP contribution in [0.25, 0.3) is 0 Å². The van der Waals surface area contributed by atoms with Crippen LogP contribution in [0, 0.1) is 12.7 Å². The summed E-state index contributed by atoms with van der Waals surface area (Å²) in [6.07, 6.45) is 0.560. The fourth-order valence-electron chi connectivity index (χ4n) is 1.99. The van der Waals surface area contributed by atoms with Gasteiger partial charge in [0.05, 0.1) is 5.69 Å². The molecule has 0 aliphatic rings. The lowest BCUT2D eigenvalue weighted by Gasteiger charge is -2.13. The highest BCUT2D eigenvalue weighted by Gasteiger charge is 2.14. The van der Waals surface area contributed by atoms with Crippen LogP contribution >= 0.6 is 15.9 Å². The van der Waals surface area contributed by atoms with E-state index >= 15 is 0 Å². The van der Waals surface area contributed by atoms with Crippen molar-refractivity contribution >= 4 is 15.9 Å². The van der Waals surface area contributed by atoms with E-state index in [1.807, 2.05) is 20.0 Å². The molecule has 0 saturated carbocycles. The summed E-state index contributed by atoms with van der Waals surface area (Å²) in [7, 11) is 1.87. The first-order chi connectivity index (χ1) is 8.47. The lowest BCUT2D eigenvalue weighted by atomic mass is 10.0. The van der Waals surface area contributed by atoms with Gasteiger partial charge in [0, 0.05) is 35.2 Å². The van der Waals surface area contributed by atoms with Gasteiger partial charge in [-0.15, -0.1) is 0 Å². The van der Waals surface area contributed by atoms with Gasteiger partial charge in [0.1, 0.15) is 5.82 Å². The van der Waals surface area contributed by atoms with Crippen LogP contribution in [0.4, 0.5) is 4.39 Å². The van der Waals surface area contributed by atoms with E-state index in [9.17, 15) is 4.39 Å². The Balaban J connectivity index is 2.24. The van der Waals surface area contributed by atoms with Crippen LogP contribution < -0.4 is 5.73 Å². The Bertz CT molecular complexity index is 565.